The fourth-order valence-corrected chi connectivity index (χ4v) is 4.40. The second-order valence-electron chi connectivity index (χ2n) is 6.81. The number of nitrogens with zero attached hydrogens (tertiary/aromatic N) is 1. The zero-order valence-corrected chi connectivity index (χ0v) is 15.5. The standard InChI is InChI=1S/C20H26N2O2S/c1-17-12-14-22(15-13-17)20(18-8-4-2-5-9-18)16-21-25(23,24)19-10-6-3-7-11-19/h2-11,17,20-21H,12-16H2,1H3. The molecule has 2 aromatic carbocycles. The van der Waals surface area contributed by atoms with E-state index in [1.165, 1.54) is 0 Å². The average Bonchev–Trinajstić information content (AvgIpc) is 2.65. The molecule has 1 fully saturated rings. The van der Waals surface area contributed by atoms with Crippen molar-refractivity contribution in [1.82, 2.24) is 9.62 Å². The molecule has 2 aromatic rings. The van der Waals surface area contributed by atoms with E-state index in [1.54, 1.807) is 24.3 Å². The van der Waals surface area contributed by atoms with Gasteiger partial charge in [-0.3, -0.25) is 4.90 Å². The smallest absolute Gasteiger partial charge is 0.240 e. The van der Waals surface area contributed by atoms with Gasteiger partial charge in [-0.1, -0.05) is 55.5 Å². The number of rotatable bonds is 6. The molecular weight excluding hydrogens is 332 g/mol. The maximum absolute atomic E-state index is 12.6. The summed E-state index contributed by atoms with van der Waals surface area (Å²) in [7, 11) is -3.49. The molecule has 0 saturated carbocycles. The molecular formula is C20H26N2O2S. The molecule has 0 radical (unpaired) electrons. The predicted octanol–water partition coefficient (Wildman–Crippen LogP) is 3.44. The topological polar surface area (TPSA) is 49.4 Å². The summed E-state index contributed by atoms with van der Waals surface area (Å²) in [4.78, 5) is 2.72. The molecule has 1 atom stereocenters. The van der Waals surface area contributed by atoms with Gasteiger partial charge in [0.25, 0.3) is 0 Å². The molecule has 0 spiro atoms. The second kappa shape index (κ2) is 8.13. The summed E-state index contributed by atoms with van der Waals surface area (Å²) < 4.78 is 28.0. The SMILES string of the molecule is CC1CCN(C(CNS(=O)(=O)c2ccccc2)c2ccccc2)CC1. The lowest BCUT2D eigenvalue weighted by atomic mass is 9.96. The Bertz CT molecular complexity index is 755. The van der Waals surface area contributed by atoms with Gasteiger partial charge in [0.1, 0.15) is 0 Å². The van der Waals surface area contributed by atoms with Gasteiger partial charge in [-0.2, -0.15) is 0 Å². The van der Waals surface area contributed by atoms with Gasteiger partial charge in [0.05, 0.1) is 4.90 Å². The second-order valence-corrected chi connectivity index (χ2v) is 8.58. The molecule has 1 aliphatic heterocycles. The van der Waals surface area contributed by atoms with Gasteiger partial charge in [0.15, 0.2) is 0 Å². The van der Waals surface area contributed by atoms with Gasteiger partial charge in [-0.15, -0.1) is 0 Å². The van der Waals surface area contributed by atoms with E-state index in [1.807, 2.05) is 24.3 Å². The van der Waals surface area contributed by atoms with Crippen LogP contribution in [-0.2, 0) is 10.0 Å². The fourth-order valence-electron chi connectivity index (χ4n) is 3.34. The number of benzene rings is 2. The number of hydrogen-bond donors (Lipinski definition) is 1. The predicted molar refractivity (Wildman–Crippen MR) is 101 cm³/mol. The van der Waals surface area contributed by atoms with Crippen LogP contribution < -0.4 is 4.72 Å². The summed E-state index contributed by atoms with van der Waals surface area (Å²) in [6.45, 7) is 4.68. The summed E-state index contributed by atoms with van der Waals surface area (Å²) in [5.41, 5.74) is 1.16. The first kappa shape index (κ1) is 18.1. The van der Waals surface area contributed by atoms with E-state index in [0.29, 0.717) is 11.4 Å². The zero-order chi connectivity index (χ0) is 17.7. The van der Waals surface area contributed by atoms with E-state index < -0.39 is 10.0 Å². The third kappa shape index (κ3) is 4.69. The van der Waals surface area contributed by atoms with Crippen LogP contribution in [0.15, 0.2) is 65.6 Å². The highest BCUT2D eigenvalue weighted by atomic mass is 32.2. The Morgan fingerprint density at radius 1 is 1.00 bits per heavy atom. The molecule has 1 N–H and O–H groups in total. The number of nitrogens with one attached hydrogen (secondary N) is 1. The van der Waals surface area contributed by atoms with Crippen LogP contribution in [0.1, 0.15) is 31.4 Å². The van der Waals surface area contributed by atoms with Crippen LogP contribution in [0.4, 0.5) is 0 Å². The van der Waals surface area contributed by atoms with Crippen LogP contribution in [0.5, 0.6) is 0 Å². The number of sulfonamides is 1. The molecule has 25 heavy (non-hydrogen) atoms. The van der Waals surface area contributed by atoms with Crippen LogP contribution >= 0.6 is 0 Å². The maximum Gasteiger partial charge on any atom is 0.240 e. The third-order valence-electron chi connectivity index (χ3n) is 4.96. The Morgan fingerprint density at radius 3 is 2.16 bits per heavy atom. The molecule has 134 valence electrons. The van der Waals surface area contributed by atoms with Crippen LogP contribution in [0, 0.1) is 5.92 Å². The summed E-state index contributed by atoms with van der Waals surface area (Å²) in [6, 6.07) is 18.8. The minimum Gasteiger partial charge on any atom is -0.295 e. The van der Waals surface area contributed by atoms with Gasteiger partial charge in [0, 0.05) is 12.6 Å². The lowest BCUT2D eigenvalue weighted by molar-refractivity contribution is 0.139. The van der Waals surface area contributed by atoms with Crippen molar-refractivity contribution in [3.8, 4) is 0 Å². The molecule has 1 saturated heterocycles. The Morgan fingerprint density at radius 2 is 1.56 bits per heavy atom. The molecule has 0 aromatic heterocycles. The first-order valence-electron chi connectivity index (χ1n) is 8.90. The van der Waals surface area contributed by atoms with Crippen LogP contribution in [-0.4, -0.2) is 33.0 Å². The minimum atomic E-state index is -3.49. The van der Waals surface area contributed by atoms with Gasteiger partial charge >= 0.3 is 0 Å². The molecule has 1 aliphatic rings. The van der Waals surface area contributed by atoms with Gasteiger partial charge in [0.2, 0.25) is 10.0 Å². The maximum atomic E-state index is 12.6. The summed E-state index contributed by atoms with van der Waals surface area (Å²) >= 11 is 0. The van der Waals surface area contributed by atoms with Crippen LogP contribution in [0.2, 0.25) is 0 Å². The number of likely N-dealkylation sites (tertiary alicyclic amines) is 1. The molecule has 1 heterocycles. The van der Waals surface area contributed by atoms with E-state index in [-0.39, 0.29) is 6.04 Å². The van der Waals surface area contributed by atoms with Gasteiger partial charge in [-0.05, 0) is 49.5 Å². The van der Waals surface area contributed by atoms with Crippen molar-refractivity contribution < 1.29 is 8.42 Å². The monoisotopic (exact) mass is 358 g/mol. The molecule has 0 amide bonds. The van der Waals surface area contributed by atoms with E-state index in [4.69, 9.17) is 0 Å². The van der Waals surface area contributed by atoms with E-state index in [9.17, 15) is 8.42 Å². The van der Waals surface area contributed by atoms with E-state index >= 15 is 0 Å². The summed E-state index contributed by atoms with van der Waals surface area (Å²) in [5.74, 6) is 0.744. The highest BCUT2D eigenvalue weighted by Crippen LogP contribution is 2.26. The normalized spacial score (nSPS) is 18.1. The lowest BCUT2D eigenvalue weighted by Crippen LogP contribution is -2.41. The highest BCUT2D eigenvalue weighted by molar-refractivity contribution is 7.89. The largest absolute Gasteiger partial charge is 0.295 e. The Hall–Kier alpha value is -1.69. The molecule has 1 unspecified atom stereocenters. The van der Waals surface area contributed by atoms with Crippen LogP contribution in [0.3, 0.4) is 0 Å². The van der Waals surface area contributed by atoms with Crippen molar-refractivity contribution in [1.29, 1.82) is 0 Å². The van der Waals surface area contributed by atoms with Crippen molar-refractivity contribution in [3.05, 3.63) is 66.2 Å². The van der Waals surface area contributed by atoms with Gasteiger partial charge < -0.3 is 0 Å². The molecule has 3 rings (SSSR count). The van der Waals surface area contributed by atoms with Crippen molar-refractivity contribution in [2.75, 3.05) is 19.6 Å². The van der Waals surface area contributed by atoms with Crippen molar-refractivity contribution in [2.24, 2.45) is 5.92 Å². The zero-order valence-electron chi connectivity index (χ0n) is 14.6. The average molecular weight is 359 g/mol. The Balaban J connectivity index is 1.76. The molecule has 4 nitrogen and oxygen atoms in total. The molecule has 5 heteroatoms. The van der Waals surface area contributed by atoms with Crippen LogP contribution in [0.25, 0.3) is 0 Å². The first-order chi connectivity index (χ1) is 12.1. The van der Waals surface area contributed by atoms with Crippen molar-refractivity contribution in [2.45, 2.75) is 30.7 Å². The van der Waals surface area contributed by atoms with Crippen molar-refractivity contribution in [3.63, 3.8) is 0 Å². The fraction of sp³-hybridized carbons (Fsp3) is 0.400. The Labute approximate surface area is 150 Å². The lowest BCUT2D eigenvalue weighted by Gasteiger charge is -2.37. The number of hydrogen-bond acceptors (Lipinski definition) is 3. The number of piperidine rings is 1. The van der Waals surface area contributed by atoms with Gasteiger partial charge in [-0.25, -0.2) is 13.1 Å². The molecule has 0 aliphatic carbocycles. The summed E-state index contributed by atoms with van der Waals surface area (Å²) in [5, 5.41) is 0. The molecule has 0 bridgehead atoms. The summed E-state index contributed by atoms with van der Waals surface area (Å²) in [6.07, 6.45) is 2.32. The van der Waals surface area contributed by atoms with E-state index in [0.717, 1.165) is 37.4 Å². The minimum absolute atomic E-state index is 0.0622. The Kier molecular flexibility index (Phi) is 5.89. The van der Waals surface area contributed by atoms with Crippen molar-refractivity contribution >= 4 is 10.0 Å². The quantitative estimate of drug-likeness (QED) is 0.860. The van der Waals surface area contributed by atoms with E-state index in [2.05, 4.69) is 28.7 Å². The third-order valence-corrected chi connectivity index (χ3v) is 6.40. The first-order valence-corrected chi connectivity index (χ1v) is 10.4. The highest BCUT2D eigenvalue weighted by Gasteiger charge is 2.26.